The second-order valence-electron chi connectivity index (χ2n) is 3.39. The maximum atomic E-state index is 5.53. The van der Waals surface area contributed by atoms with E-state index in [9.17, 15) is 0 Å². The Morgan fingerprint density at radius 2 is 1.94 bits per heavy atom. The molecule has 1 aromatic carbocycles. The second kappa shape index (κ2) is 6.35. The Labute approximate surface area is 96.5 Å². The molecule has 0 saturated carbocycles. The first-order valence-electron chi connectivity index (χ1n) is 5.29. The molecule has 1 rings (SSSR count). The molecule has 0 amide bonds. The van der Waals surface area contributed by atoms with Crippen molar-refractivity contribution < 1.29 is 14.3 Å². The van der Waals surface area contributed by atoms with Crippen molar-refractivity contribution in [1.29, 1.82) is 0 Å². The van der Waals surface area contributed by atoms with Crippen LogP contribution in [0.15, 0.2) is 12.1 Å². The summed E-state index contributed by atoms with van der Waals surface area (Å²) < 4.78 is 10.8. The zero-order valence-electron chi connectivity index (χ0n) is 10.3. The number of methoxy groups -OCH3 is 1. The molecule has 0 aliphatic carbocycles. The maximum absolute atomic E-state index is 5.53. The number of hydrogen-bond donors (Lipinski definition) is 1. The van der Waals surface area contributed by atoms with Crippen molar-refractivity contribution in [2.24, 2.45) is 0 Å². The van der Waals surface area contributed by atoms with Gasteiger partial charge in [-0.3, -0.25) is 0 Å². The van der Waals surface area contributed by atoms with Crippen LogP contribution in [0.3, 0.4) is 0 Å². The lowest BCUT2D eigenvalue weighted by Crippen LogP contribution is -2.12. The van der Waals surface area contributed by atoms with E-state index in [2.05, 4.69) is 5.48 Å². The third-order valence-electron chi connectivity index (χ3n) is 2.28. The Balaban J connectivity index is 2.97. The van der Waals surface area contributed by atoms with Crippen molar-refractivity contribution in [2.75, 3.05) is 20.8 Å². The third-order valence-corrected chi connectivity index (χ3v) is 2.28. The fourth-order valence-corrected chi connectivity index (χ4v) is 1.49. The van der Waals surface area contributed by atoms with Gasteiger partial charge in [-0.2, -0.15) is 5.48 Å². The Kier molecular flexibility index (Phi) is 5.08. The summed E-state index contributed by atoms with van der Waals surface area (Å²) in [5.74, 6) is 1.72. The number of rotatable bonds is 6. The first-order chi connectivity index (χ1) is 7.72. The van der Waals surface area contributed by atoms with Crippen LogP contribution in [0.1, 0.15) is 18.1 Å². The second-order valence-corrected chi connectivity index (χ2v) is 3.39. The summed E-state index contributed by atoms with van der Waals surface area (Å²) in [5.41, 5.74) is 4.87. The topological polar surface area (TPSA) is 39.7 Å². The van der Waals surface area contributed by atoms with Crippen LogP contribution < -0.4 is 15.0 Å². The summed E-state index contributed by atoms with van der Waals surface area (Å²) >= 11 is 0. The van der Waals surface area contributed by atoms with Gasteiger partial charge in [-0.15, -0.1) is 0 Å². The minimum Gasteiger partial charge on any atom is -0.496 e. The van der Waals surface area contributed by atoms with Crippen LogP contribution in [-0.2, 0) is 11.4 Å². The quantitative estimate of drug-likeness (QED) is 0.752. The molecular weight excluding hydrogens is 206 g/mol. The molecule has 0 saturated heterocycles. The van der Waals surface area contributed by atoms with Crippen LogP contribution in [-0.4, -0.2) is 20.8 Å². The largest absolute Gasteiger partial charge is 0.496 e. The van der Waals surface area contributed by atoms with Crippen LogP contribution in [0.4, 0.5) is 0 Å². The van der Waals surface area contributed by atoms with Crippen molar-refractivity contribution in [3.8, 4) is 11.5 Å². The first-order valence-corrected chi connectivity index (χ1v) is 5.29. The fraction of sp³-hybridized carbons (Fsp3) is 0.500. The predicted octanol–water partition coefficient (Wildman–Crippen LogP) is 2.05. The molecule has 0 aliphatic heterocycles. The van der Waals surface area contributed by atoms with Crippen molar-refractivity contribution in [2.45, 2.75) is 20.4 Å². The number of ether oxygens (including phenoxy) is 2. The molecule has 4 heteroatoms. The van der Waals surface area contributed by atoms with Crippen molar-refractivity contribution >= 4 is 0 Å². The molecule has 0 heterocycles. The highest BCUT2D eigenvalue weighted by atomic mass is 16.6. The van der Waals surface area contributed by atoms with Gasteiger partial charge in [0.2, 0.25) is 0 Å². The number of aryl methyl sites for hydroxylation is 1. The van der Waals surface area contributed by atoms with E-state index in [0.717, 1.165) is 22.6 Å². The Morgan fingerprint density at radius 3 is 2.50 bits per heavy atom. The molecule has 0 aliphatic rings. The fourth-order valence-electron chi connectivity index (χ4n) is 1.49. The molecule has 1 N–H and O–H groups in total. The zero-order chi connectivity index (χ0) is 12.0. The third kappa shape index (κ3) is 3.12. The summed E-state index contributed by atoms with van der Waals surface area (Å²) in [6, 6.07) is 3.95. The van der Waals surface area contributed by atoms with Crippen molar-refractivity contribution in [3.63, 3.8) is 0 Å². The van der Waals surface area contributed by atoms with Gasteiger partial charge in [0.15, 0.2) is 0 Å². The molecule has 4 nitrogen and oxygen atoms in total. The predicted molar refractivity (Wildman–Crippen MR) is 62.7 cm³/mol. The molecule has 0 unspecified atom stereocenters. The van der Waals surface area contributed by atoms with Crippen LogP contribution in [0, 0.1) is 6.92 Å². The molecule has 1 aromatic rings. The van der Waals surface area contributed by atoms with Crippen LogP contribution in [0.5, 0.6) is 11.5 Å². The number of hydroxylamine groups is 1. The average Bonchev–Trinajstić information content (AvgIpc) is 2.29. The van der Waals surface area contributed by atoms with Crippen LogP contribution in [0.2, 0.25) is 0 Å². The molecular formula is C12H19NO3. The highest BCUT2D eigenvalue weighted by Crippen LogP contribution is 2.28. The van der Waals surface area contributed by atoms with E-state index in [0.29, 0.717) is 13.2 Å². The highest BCUT2D eigenvalue weighted by molar-refractivity contribution is 5.45. The summed E-state index contributed by atoms with van der Waals surface area (Å²) in [7, 11) is 3.25. The Bertz CT molecular complexity index is 339. The van der Waals surface area contributed by atoms with Gasteiger partial charge in [0.1, 0.15) is 11.5 Å². The smallest absolute Gasteiger partial charge is 0.123 e. The average molecular weight is 225 g/mol. The highest BCUT2D eigenvalue weighted by Gasteiger charge is 2.08. The van der Waals surface area contributed by atoms with Gasteiger partial charge in [-0.1, -0.05) is 0 Å². The summed E-state index contributed by atoms with van der Waals surface area (Å²) in [5, 5.41) is 0. The molecule has 0 aromatic heterocycles. The van der Waals surface area contributed by atoms with Crippen LogP contribution in [0.25, 0.3) is 0 Å². The van der Waals surface area contributed by atoms with Gasteiger partial charge in [0.05, 0.1) is 20.8 Å². The summed E-state index contributed by atoms with van der Waals surface area (Å²) in [6.45, 7) is 5.21. The number of hydrogen-bond acceptors (Lipinski definition) is 4. The van der Waals surface area contributed by atoms with E-state index in [1.165, 1.54) is 0 Å². The number of nitrogens with one attached hydrogen (secondary N) is 1. The van der Waals surface area contributed by atoms with Crippen molar-refractivity contribution in [1.82, 2.24) is 5.48 Å². The SMILES string of the molecule is CCOc1cc(CNOC)c(OC)cc1C. The van der Waals surface area contributed by atoms with Gasteiger partial charge >= 0.3 is 0 Å². The standard InChI is InChI=1S/C12H19NO3/c1-5-16-11-7-10(8-13-15-4)12(14-3)6-9(11)2/h6-7,13H,5,8H2,1-4H3. The summed E-state index contributed by atoms with van der Waals surface area (Å²) in [4.78, 5) is 4.83. The maximum Gasteiger partial charge on any atom is 0.123 e. The van der Waals surface area contributed by atoms with Gasteiger partial charge in [-0.25, -0.2) is 0 Å². The normalized spacial score (nSPS) is 10.2. The summed E-state index contributed by atoms with van der Waals surface area (Å²) in [6.07, 6.45) is 0. The van der Waals surface area contributed by atoms with Crippen LogP contribution >= 0.6 is 0 Å². The zero-order valence-corrected chi connectivity index (χ0v) is 10.3. The minimum absolute atomic E-state index is 0.583. The molecule has 16 heavy (non-hydrogen) atoms. The van der Waals surface area contributed by atoms with E-state index in [-0.39, 0.29) is 0 Å². The Hall–Kier alpha value is -1.26. The molecule has 0 fully saturated rings. The first kappa shape index (κ1) is 12.8. The lowest BCUT2D eigenvalue weighted by atomic mass is 10.1. The molecule has 0 radical (unpaired) electrons. The molecule has 90 valence electrons. The lowest BCUT2D eigenvalue weighted by Gasteiger charge is -2.13. The lowest BCUT2D eigenvalue weighted by molar-refractivity contribution is 0.0860. The van der Waals surface area contributed by atoms with Gasteiger partial charge in [0, 0.05) is 12.1 Å². The van der Waals surface area contributed by atoms with Gasteiger partial charge < -0.3 is 14.3 Å². The van der Waals surface area contributed by atoms with E-state index >= 15 is 0 Å². The molecule has 0 atom stereocenters. The van der Waals surface area contributed by atoms with E-state index < -0.39 is 0 Å². The molecule has 0 bridgehead atoms. The van der Waals surface area contributed by atoms with E-state index in [1.807, 2.05) is 26.0 Å². The van der Waals surface area contributed by atoms with Crippen molar-refractivity contribution in [3.05, 3.63) is 23.3 Å². The Morgan fingerprint density at radius 1 is 1.19 bits per heavy atom. The molecule has 0 spiro atoms. The van der Waals surface area contributed by atoms with E-state index in [4.69, 9.17) is 14.3 Å². The van der Waals surface area contributed by atoms with E-state index in [1.54, 1.807) is 14.2 Å². The number of benzene rings is 1. The minimum atomic E-state index is 0.583. The van der Waals surface area contributed by atoms with Gasteiger partial charge in [-0.05, 0) is 31.5 Å². The monoisotopic (exact) mass is 225 g/mol. The van der Waals surface area contributed by atoms with Gasteiger partial charge in [0.25, 0.3) is 0 Å².